The van der Waals surface area contributed by atoms with E-state index in [0.29, 0.717) is 12.2 Å². The van der Waals surface area contributed by atoms with E-state index in [-0.39, 0.29) is 5.69 Å². The average Bonchev–Trinajstić information content (AvgIpc) is 2.68. The quantitative estimate of drug-likeness (QED) is 0.830. The Morgan fingerprint density at radius 1 is 1.35 bits per heavy atom. The predicted octanol–water partition coefficient (Wildman–Crippen LogP) is 2.95. The van der Waals surface area contributed by atoms with Gasteiger partial charge in [-0.1, -0.05) is 6.07 Å². The van der Waals surface area contributed by atoms with E-state index in [2.05, 4.69) is 0 Å². The second-order valence-electron chi connectivity index (χ2n) is 4.03. The van der Waals surface area contributed by atoms with Crippen LogP contribution < -0.4 is 10.6 Å². The van der Waals surface area contributed by atoms with Gasteiger partial charge in [0.1, 0.15) is 11.6 Å². The maximum absolute atomic E-state index is 13.3. The van der Waals surface area contributed by atoms with Crippen LogP contribution in [-0.4, -0.2) is 7.05 Å². The fourth-order valence-corrected chi connectivity index (χ4v) is 1.77. The number of rotatable bonds is 3. The molecule has 0 bridgehead atoms. The molecule has 0 atom stereocenters. The SMILES string of the molecule is Cc1occc1CN(C)c1cccc(F)c1N. The molecule has 0 aliphatic carbocycles. The van der Waals surface area contributed by atoms with Gasteiger partial charge in [0.05, 0.1) is 17.6 Å². The molecule has 90 valence electrons. The number of furan rings is 1. The standard InChI is InChI=1S/C13H15FN2O/c1-9-10(6-7-17-9)8-16(2)12-5-3-4-11(14)13(12)15/h3-7H,8,15H2,1-2H3. The fourth-order valence-electron chi connectivity index (χ4n) is 1.77. The zero-order valence-electron chi connectivity index (χ0n) is 9.90. The van der Waals surface area contributed by atoms with Crippen molar-refractivity contribution >= 4 is 11.4 Å². The molecular weight excluding hydrogens is 219 g/mol. The molecule has 1 aromatic heterocycles. The molecule has 0 radical (unpaired) electrons. The summed E-state index contributed by atoms with van der Waals surface area (Å²) in [6.07, 6.45) is 1.65. The highest BCUT2D eigenvalue weighted by Crippen LogP contribution is 2.26. The minimum Gasteiger partial charge on any atom is -0.469 e. The molecule has 0 spiro atoms. The number of hydrogen-bond acceptors (Lipinski definition) is 3. The molecule has 0 aliphatic rings. The van der Waals surface area contributed by atoms with E-state index >= 15 is 0 Å². The maximum Gasteiger partial charge on any atom is 0.148 e. The normalized spacial score (nSPS) is 10.5. The molecule has 0 saturated heterocycles. The van der Waals surface area contributed by atoms with E-state index < -0.39 is 5.82 Å². The van der Waals surface area contributed by atoms with E-state index in [0.717, 1.165) is 11.3 Å². The van der Waals surface area contributed by atoms with Gasteiger partial charge in [-0.3, -0.25) is 0 Å². The monoisotopic (exact) mass is 234 g/mol. The Morgan fingerprint density at radius 3 is 2.76 bits per heavy atom. The number of halogens is 1. The Hall–Kier alpha value is -1.97. The van der Waals surface area contributed by atoms with Gasteiger partial charge in [-0.15, -0.1) is 0 Å². The van der Waals surface area contributed by atoms with Gasteiger partial charge in [-0.2, -0.15) is 0 Å². The molecule has 1 aromatic carbocycles. The largest absolute Gasteiger partial charge is 0.469 e. The highest BCUT2D eigenvalue weighted by Gasteiger charge is 2.11. The average molecular weight is 234 g/mol. The van der Waals surface area contributed by atoms with Crippen molar-refractivity contribution < 1.29 is 8.81 Å². The van der Waals surface area contributed by atoms with E-state index in [9.17, 15) is 4.39 Å². The first-order valence-corrected chi connectivity index (χ1v) is 5.37. The summed E-state index contributed by atoms with van der Waals surface area (Å²) >= 11 is 0. The first kappa shape index (κ1) is 11.5. The summed E-state index contributed by atoms with van der Waals surface area (Å²) in [5.74, 6) is 0.477. The number of aryl methyl sites for hydroxylation is 1. The van der Waals surface area contributed by atoms with Crippen LogP contribution in [0.2, 0.25) is 0 Å². The van der Waals surface area contributed by atoms with Crippen molar-refractivity contribution in [2.45, 2.75) is 13.5 Å². The minimum absolute atomic E-state index is 0.177. The summed E-state index contributed by atoms with van der Waals surface area (Å²) in [6.45, 7) is 2.54. The summed E-state index contributed by atoms with van der Waals surface area (Å²) < 4.78 is 18.6. The van der Waals surface area contributed by atoms with Gasteiger partial charge in [0.25, 0.3) is 0 Å². The summed E-state index contributed by atoms with van der Waals surface area (Å²) in [6, 6.07) is 6.71. The van der Waals surface area contributed by atoms with Crippen LogP contribution in [0.15, 0.2) is 34.9 Å². The van der Waals surface area contributed by atoms with Crippen molar-refractivity contribution in [1.29, 1.82) is 0 Å². The Morgan fingerprint density at radius 2 is 2.12 bits per heavy atom. The van der Waals surface area contributed by atoms with Gasteiger partial charge in [0.15, 0.2) is 0 Å². The third-order valence-electron chi connectivity index (χ3n) is 2.81. The van der Waals surface area contributed by atoms with E-state index in [1.807, 2.05) is 24.9 Å². The lowest BCUT2D eigenvalue weighted by atomic mass is 10.2. The minimum atomic E-state index is -0.390. The fraction of sp³-hybridized carbons (Fsp3) is 0.231. The van der Waals surface area contributed by atoms with Crippen LogP contribution in [0.5, 0.6) is 0 Å². The van der Waals surface area contributed by atoms with Gasteiger partial charge < -0.3 is 15.1 Å². The van der Waals surface area contributed by atoms with Crippen molar-refractivity contribution in [3.63, 3.8) is 0 Å². The number of nitrogens with two attached hydrogens (primary N) is 1. The predicted molar refractivity (Wildman–Crippen MR) is 66.4 cm³/mol. The van der Waals surface area contributed by atoms with Gasteiger partial charge in [0, 0.05) is 19.2 Å². The number of nitrogens with zero attached hydrogens (tertiary/aromatic N) is 1. The third-order valence-corrected chi connectivity index (χ3v) is 2.81. The van der Waals surface area contributed by atoms with Crippen molar-refractivity contribution in [3.05, 3.63) is 47.7 Å². The highest BCUT2D eigenvalue weighted by molar-refractivity contribution is 5.67. The van der Waals surface area contributed by atoms with Crippen molar-refractivity contribution in [3.8, 4) is 0 Å². The molecule has 3 nitrogen and oxygen atoms in total. The van der Waals surface area contributed by atoms with Crippen LogP contribution in [0.25, 0.3) is 0 Å². The van der Waals surface area contributed by atoms with Gasteiger partial charge >= 0.3 is 0 Å². The first-order valence-electron chi connectivity index (χ1n) is 5.37. The van der Waals surface area contributed by atoms with Crippen LogP contribution in [-0.2, 0) is 6.54 Å². The zero-order chi connectivity index (χ0) is 12.4. The number of nitrogen functional groups attached to an aromatic ring is 1. The second-order valence-corrected chi connectivity index (χ2v) is 4.03. The molecule has 0 aliphatic heterocycles. The molecule has 1 heterocycles. The Kier molecular flexibility index (Phi) is 3.04. The lowest BCUT2D eigenvalue weighted by Crippen LogP contribution is -2.18. The Balaban J connectivity index is 2.23. The van der Waals surface area contributed by atoms with Crippen LogP contribution in [0, 0.1) is 12.7 Å². The number of anilines is 2. The van der Waals surface area contributed by atoms with Crippen molar-refractivity contribution in [2.75, 3.05) is 17.7 Å². The van der Waals surface area contributed by atoms with Crippen LogP contribution >= 0.6 is 0 Å². The molecule has 2 rings (SSSR count). The summed E-state index contributed by atoms with van der Waals surface area (Å²) in [5, 5.41) is 0. The lowest BCUT2D eigenvalue weighted by molar-refractivity contribution is 0.529. The van der Waals surface area contributed by atoms with Crippen LogP contribution in [0.4, 0.5) is 15.8 Å². The molecule has 2 N–H and O–H groups in total. The lowest BCUT2D eigenvalue weighted by Gasteiger charge is -2.20. The smallest absolute Gasteiger partial charge is 0.148 e. The first-order chi connectivity index (χ1) is 8.09. The number of para-hydroxylation sites is 1. The number of benzene rings is 1. The van der Waals surface area contributed by atoms with Gasteiger partial charge in [0.2, 0.25) is 0 Å². The van der Waals surface area contributed by atoms with E-state index in [1.54, 1.807) is 18.4 Å². The third kappa shape index (κ3) is 2.25. The van der Waals surface area contributed by atoms with E-state index in [4.69, 9.17) is 10.2 Å². The highest BCUT2D eigenvalue weighted by atomic mass is 19.1. The van der Waals surface area contributed by atoms with Gasteiger partial charge in [-0.05, 0) is 25.1 Å². The molecule has 0 unspecified atom stereocenters. The van der Waals surface area contributed by atoms with E-state index in [1.165, 1.54) is 6.07 Å². The second kappa shape index (κ2) is 4.49. The number of hydrogen-bond donors (Lipinski definition) is 1. The molecule has 0 fully saturated rings. The summed E-state index contributed by atoms with van der Waals surface area (Å²) in [4.78, 5) is 1.90. The molecule has 0 amide bonds. The maximum atomic E-state index is 13.3. The Labute approximate surface area is 99.6 Å². The summed E-state index contributed by atoms with van der Waals surface area (Å²) in [7, 11) is 1.87. The van der Waals surface area contributed by atoms with Crippen molar-refractivity contribution in [1.82, 2.24) is 0 Å². The summed E-state index contributed by atoms with van der Waals surface area (Å²) in [5.41, 5.74) is 7.64. The topological polar surface area (TPSA) is 42.4 Å². The van der Waals surface area contributed by atoms with Gasteiger partial charge in [-0.25, -0.2) is 4.39 Å². The van der Waals surface area contributed by atoms with Crippen LogP contribution in [0.3, 0.4) is 0 Å². The Bertz CT molecular complexity index is 522. The van der Waals surface area contributed by atoms with Crippen LogP contribution in [0.1, 0.15) is 11.3 Å². The molecule has 2 aromatic rings. The van der Waals surface area contributed by atoms with Crippen molar-refractivity contribution in [2.24, 2.45) is 0 Å². The molecular formula is C13H15FN2O. The molecule has 4 heteroatoms. The molecule has 17 heavy (non-hydrogen) atoms. The zero-order valence-corrected chi connectivity index (χ0v) is 9.90. The molecule has 0 saturated carbocycles.